The molecule has 1 rings (SSSR count). The van der Waals surface area contributed by atoms with Crippen molar-refractivity contribution in [2.24, 2.45) is 5.92 Å². The van der Waals surface area contributed by atoms with Crippen molar-refractivity contribution in [3.05, 3.63) is 0 Å². The van der Waals surface area contributed by atoms with E-state index in [0.717, 1.165) is 0 Å². The molecule has 19 heavy (non-hydrogen) atoms. The summed E-state index contributed by atoms with van der Waals surface area (Å²) in [5, 5.41) is 16.9. The average Bonchev–Trinajstić information content (AvgIpc) is 2.35. The van der Waals surface area contributed by atoms with Gasteiger partial charge < -0.3 is 21.1 Å². The minimum Gasteiger partial charge on any atom is -0.481 e. The summed E-state index contributed by atoms with van der Waals surface area (Å²) in [5.41, 5.74) is 0. The molecule has 1 fully saturated rings. The first kappa shape index (κ1) is 15.3. The van der Waals surface area contributed by atoms with Gasteiger partial charge in [0.2, 0.25) is 5.91 Å². The van der Waals surface area contributed by atoms with Gasteiger partial charge in [-0.3, -0.25) is 9.59 Å². The summed E-state index contributed by atoms with van der Waals surface area (Å²) >= 11 is 0. The third-order valence-electron chi connectivity index (χ3n) is 3.20. The zero-order valence-electron chi connectivity index (χ0n) is 11.1. The van der Waals surface area contributed by atoms with Gasteiger partial charge in [0.15, 0.2) is 0 Å². The van der Waals surface area contributed by atoms with E-state index in [1.54, 1.807) is 0 Å². The first-order chi connectivity index (χ1) is 8.99. The van der Waals surface area contributed by atoms with Crippen molar-refractivity contribution in [3.8, 4) is 0 Å². The fourth-order valence-corrected chi connectivity index (χ4v) is 2.14. The van der Waals surface area contributed by atoms with Gasteiger partial charge in [-0.15, -0.1) is 0 Å². The number of amides is 3. The minimum absolute atomic E-state index is 0.0383. The number of carboxylic acid groups (broad SMARTS) is 1. The molecule has 1 aliphatic rings. The van der Waals surface area contributed by atoms with Crippen LogP contribution in [0.2, 0.25) is 0 Å². The zero-order valence-corrected chi connectivity index (χ0v) is 11.1. The molecule has 1 aliphatic carbocycles. The van der Waals surface area contributed by atoms with Crippen molar-refractivity contribution in [1.82, 2.24) is 16.0 Å². The molecule has 0 spiro atoms. The van der Waals surface area contributed by atoms with Crippen molar-refractivity contribution in [1.29, 1.82) is 0 Å². The predicted molar refractivity (Wildman–Crippen MR) is 68.6 cm³/mol. The van der Waals surface area contributed by atoms with Gasteiger partial charge in [-0.2, -0.15) is 0 Å². The number of rotatable bonds is 5. The second-order valence-corrected chi connectivity index (χ2v) is 4.77. The highest BCUT2D eigenvalue weighted by Crippen LogP contribution is 2.24. The predicted octanol–water partition coefficient (Wildman–Crippen LogP) is 0.0651. The van der Waals surface area contributed by atoms with Gasteiger partial charge in [0.05, 0.1) is 5.92 Å². The number of nitrogens with one attached hydrogen (secondary N) is 3. The summed E-state index contributed by atoms with van der Waals surface area (Å²) < 4.78 is 0. The van der Waals surface area contributed by atoms with Crippen LogP contribution in [0.25, 0.3) is 0 Å². The number of hydrogen-bond acceptors (Lipinski definition) is 3. The summed E-state index contributed by atoms with van der Waals surface area (Å²) in [6.45, 7) is 2.19. The Labute approximate surface area is 112 Å². The van der Waals surface area contributed by atoms with E-state index in [1.165, 1.54) is 6.92 Å². The highest BCUT2D eigenvalue weighted by atomic mass is 16.4. The molecule has 0 saturated heterocycles. The number of urea groups is 1. The molecule has 108 valence electrons. The number of aliphatic carboxylic acids is 1. The van der Waals surface area contributed by atoms with Crippen molar-refractivity contribution in [3.63, 3.8) is 0 Å². The third-order valence-corrected chi connectivity index (χ3v) is 3.20. The molecule has 0 atom stereocenters. The SMILES string of the molecule is CC(=O)NCCNC(=O)NC1CCC(C(=O)O)CC1. The lowest BCUT2D eigenvalue weighted by Crippen LogP contribution is -2.45. The molecule has 0 aromatic heterocycles. The maximum Gasteiger partial charge on any atom is 0.315 e. The van der Waals surface area contributed by atoms with Crippen molar-refractivity contribution in [2.75, 3.05) is 13.1 Å². The van der Waals surface area contributed by atoms with E-state index in [4.69, 9.17) is 5.11 Å². The van der Waals surface area contributed by atoms with Gasteiger partial charge in [-0.25, -0.2) is 4.79 Å². The van der Waals surface area contributed by atoms with Crippen LogP contribution in [0, 0.1) is 5.92 Å². The van der Waals surface area contributed by atoms with Crippen LogP contribution in [0.1, 0.15) is 32.6 Å². The molecule has 7 nitrogen and oxygen atoms in total. The highest BCUT2D eigenvalue weighted by molar-refractivity contribution is 5.75. The maximum absolute atomic E-state index is 11.5. The number of hydrogen-bond donors (Lipinski definition) is 4. The summed E-state index contributed by atoms with van der Waals surface area (Å²) in [6, 6.07) is -0.236. The van der Waals surface area contributed by atoms with E-state index in [-0.39, 0.29) is 23.9 Å². The molecule has 0 unspecified atom stereocenters. The largest absolute Gasteiger partial charge is 0.481 e. The van der Waals surface area contributed by atoms with Crippen LogP contribution in [0.4, 0.5) is 4.79 Å². The molecule has 0 heterocycles. The zero-order chi connectivity index (χ0) is 14.3. The third kappa shape index (κ3) is 6.08. The fraction of sp³-hybridized carbons (Fsp3) is 0.750. The maximum atomic E-state index is 11.5. The molecule has 7 heteroatoms. The second-order valence-electron chi connectivity index (χ2n) is 4.77. The molecular weight excluding hydrogens is 250 g/mol. The topological polar surface area (TPSA) is 108 Å². The lowest BCUT2D eigenvalue weighted by Gasteiger charge is -2.26. The normalized spacial score (nSPS) is 22.4. The Hall–Kier alpha value is -1.79. The van der Waals surface area contributed by atoms with E-state index in [0.29, 0.717) is 38.8 Å². The smallest absolute Gasteiger partial charge is 0.315 e. The van der Waals surface area contributed by atoms with Crippen LogP contribution < -0.4 is 16.0 Å². The lowest BCUT2D eigenvalue weighted by atomic mass is 9.86. The van der Waals surface area contributed by atoms with E-state index >= 15 is 0 Å². The molecule has 0 radical (unpaired) electrons. The molecule has 3 amide bonds. The summed E-state index contributed by atoms with van der Waals surface area (Å²) in [4.78, 5) is 32.9. The molecular formula is C12H21N3O4. The highest BCUT2D eigenvalue weighted by Gasteiger charge is 2.26. The Kier molecular flexibility index (Phi) is 6.11. The Morgan fingerprint density at radius 2 is 1.63 bits per heavy atom. The van der Waals surface area contributed by atoms with E-state index in [1.807, 2.05) is 0 Å². The average molecular weight is 271 g/mol. The molecule has 0 aromatic carbocycles. The van der Waals surface area contributed by atoms with Gasteiger partial charge >= 0.3 is 12.0 Å². The van der Waals surface area contributed by atoms with Crippen LogP contribution in [0.15, 0.2) is 0 Å². The Bertz CT molecular complexity index is 338. The van der Waals surface area contributed by atoms with Gasteiger partial charge in [-0.05, 0) is 25.7 Å². The Morgan fingerprint density at radius 3 is 2.16 bits per heavy atom. The van der Waals surface area contributed by atoms with E-state index < -0.39 is 5.97 Å². The van der Waals surface area contributed by atoms with Crippen LogP contribution in [0.5, 0.6) is 0 Å². The van der Waals surface area contributed by atoms with Gasteiger partial charge in [0, 0.05) is 26.1 Å². The number of carbonyl (C=O) groups is 3. The van der Waals surface area contributed by atoms with E-state index in [2.05, 4.69) is 16.0 Å². The second kappa shape index (κ2) is 7.60. The van der Waals surface area contributed by atoms with Crippen molar-refractivity contribution >= 4 is 17.9 Å². The molecule has 0 bridgehead atoms. The Balaban J connectivity index is 2.13. The van der Waals surface area contributed by atoms with Gasteiger partial charge in [-0.1, -0.05) is 0 Å². The fourth-order valence-electron chi connectivity index (χ4n) is 2.14. The van der Waals surface area contributed by atoms with Crippen molar-refractivity contribution < 1.29 is 19.5 Å². The molecule has 0 aromatic rings. The van der Waals surface area contributed by atoms with Crippen LogP contribution in [-0.4, -0.2) is 42.1 Å². The molecule has 4 N–H and O–H groups in total. The molecule has 1 saturated carbocycles. The van der Waals surface area contributed by atoms with Crippen LogP contribution in [0.3, 0.4) is 0 Å². The molecule has 0 aliphatic heterocycles. The van der Waals surface area contributed by atoms with Gasteiger partial charge in [0.1, 0.15) is 0 Å². The minimum atomic E-state index is -0.752. The first-order valence-electron chi connectivity index (χ1n) is 6.50. The van der Waals surface area contributed by atoms with Crippen LogP contribution >= 0.6 is 0 Å². The van der Waals surface area contributed by atoms with E-state index in [9.17, 15) is 14.4 Å². The summed E-state index contributed by atoms with van der Waals surface area (Å²) in [7, 11) is 0. The monoisotopic (exact) mass is 271 g/mol. The number of carbonyl (C=O) groups excluding carboxylic acids is 2. The summed E-state index contributed by atoms with van der Waals surface area (Å²) in [6.07, 6.45) is 2.59. The quantitative estimate of drug-likeness (QED) is 0.530. The van der Waals surface area contributed by atoms with Crippen LogP contribution in [-0.2, 0) is 9.59 Å². The standard InChI is InChI=1S/C12H21N3O4/c1-8(16)13-6-7-14-12(19)15-10-4-2-9(3-5-10)11(17)18/h9-10H,2-7H2,1H3,(H,13,16)(H,17,18)(H2,14,15,19). The lowest BCUT2D eigenvalue weighted by molar-refractivity contribution is -0.142. The van der Waals surface area contributed by atoms with Gasteiger partial charge in [0.25, 0.3) is 0 Å². The number of carboxylic acids is 1. The summed E-state index contributed by atoms with van der Waals surface area (Å²) in [5.74, 6) is -1.16. The van der Waals surface area contributed by atoms with Crippen molar-refractivity contribution in [2.45, 2.75) is 38.6 Å². The Morgan fingerprint density at radius 1 is 1.05 bits per heavy atom. The first-order valence-corrected chi connectivity index (χ1v) is 6.50.